The summed E-state index contributed by atoms with van der Waals surface area (Å²) in [6.45, 7) is 1.94. The summed E-state index contributed by atoms with van der Waals surface area (Å²) in [6, 6.07) is 12.4. The van der Waals surface area contributed by atoms with Gasteiger partial charge in [-0.25, -0.2) is 8.42 Å². The van der Waals surface area contributed by atoms with E-state index in [-0.39, 0.29) is 28.7 Å². The number of sulfone groups is 1. The second-order valence-corrected chi connectivity index (χ2v) is 10.5. The van der Waals surface area contributed by atoms with Gasteiger partial charge in [-0.15, -0.1) is 0 Å². The van der Waals surface area contributed by atoms with Crippen LogP contribution in [0.3, 0.4) is 0 Å². The second-order valence-electron chi connectivity index (χ2n) is 7.07. The summed E-state index contributed by atoms with van der Waals surface area (Å²) in [5, 5.41) is 6.80. The highest BCUT2D eigenvalue weighted by Crippen LogP contribution is 2.35. The highest BCUT2D eigenvalue weighted by Gasteiger charge is 2.42. The summed E-state index contributed by atoms with van der Waals surface area (Å²) >= 11 is 1.45. The van der Waals surface area contributed by atoms with Gasteiger partial charge in [0.1, 0.15) is 5.75 Å². The normalized spacial score (nSPS) is 21.9. The number of aliphatic imine (C=N–C) groups is 1. The number of aryl methyl sites for hydroxylation is 1. The van der Waals surface area contributed by atoms with E-state index in [4.69, 9.17) is 4.74 Å². The minimum Gasteiger partial charge on any atom is -0.497 e. The van der Waals surface area contributed by atoms with Gasteiger partial charge in [0.25, 0.3) is 5.91 Å². The lowest BCUT2D eigenvalue weighted by molar-refractivity contribution is 0.102. The molecule has 7 nitrogen and oxygen atoms in total. The van der Waals surface area contributed by atoms with Gasteiger partial charge in [0.05, 0.1) is 24.7 Å². The number of hydrogen-bond acceptors (Lipinski definition) is 7. The van der Waals surface area contributed by atoms with Crippen molar-refractivity contribution in [3.8, 4) is 5.75 Å². The Morgan fingerprint density at radius 1 is 1.17 bits per heavy atom. The Hall–Kier alpha value is -2.52. The van der Waals surface area contributed by atoms with E-state index in [1.807, 2.05) is 13.0 Å². The molecule has 0 radical (unpaired) electrons. The summed E-state index contributed by atoms with van der Waals surface area (Å²) < 4.78 is 28.6. The summed E-state index contributed by atoms with van der Waals surface area (Å²) in [5.41, 5.74) is 2.94. The average Bonchev–Trinajstić information content (AvgIpc) is 3.16. The van der Waals surface area contributed by atoms with Gasteiger partial charge in [0.15, 0.2) is 15.0 Å². The molecule has 2 atom stereocenters. The molecule has 2 aliphatic heterocycles. The number of amidine groups is 1. The Morgan fingerprint density at radius 3 is 2.62 bits per heavy atom. The van der Waals surface area contributed by atoms with Crippen molar-refractivity contribution in [1.29, 1.82) is 0 Å². The first kappa shape index (κ1) is 19.8. The molecule has 0 saturated carbocycles. The number of anilines is 2. The van der Waals surface area contributed by atoms with Gasteiger partial charge < -0.3 is 15.4 Å². The van der Waals surface area contributed by atoms with Crippen LogP contribution >= 0.6 is 11.8 Å². The van der Waals surface area contributed by atoms with E-state index in [0.29, 0.717) is 16.4 Å². The van der Waals surface area contributed by atoms with Crippen molar-refractivity contribution in [2.24, 2.45) is 4.99 Å². The molecule has 1 saturated heterocycles. The van der Waals surface area contributed by atoms with Crippen molar-refractivity contribution in [1.82, 2.24) is 0 Å². The SMILES string of the molecule is COc1ccc(NC(=O)c2ccc(C)c(NC3=N[C@@H]4CS(=O)(=O)C[C@@H]4S3)c2)cc1. The first-order chi connectivity index (χ1) is 13.8. The number of carbonyl (C=O) groups excluding carboxylic acids is 1. The van der Waals surface area contributed by atoms with Gasteiger partial charge >= 0.3 is 0 Å². The number of amides is 1. The van der Waals surface area contributed by atoms with Crippen LogP contribution in [0.2, 0.25) is 0 Å². The number of nitrogens with one attached hydrogen (secondary N) is 2. The maximum atomic E-state index is 12.6. The zero-order valence-corrected chi connectivity index (χ0v) is 17.6. The Morgan fingerprint density at radius 2 is 1.93 bits per heavy atom. The first-order valence-electron chi connectivity index (χ1n) is 9.11. The number of hydrogen-bond donors (Lipinski definition) is 2. The van der Waals surface area contributed by atoms with Crippen molar-refractivity contribution in [3.63, 3.8) is 0 Å². The van der Waals surface area contributed by atoms with Crippen molar-refractivity contribution >= 4 is 44.0 Å². The number of rotatable bonds is 4. The molecule has 2 aromatic rings. The van der Waals surface area contributed by atoms with Crippen molar-refractivity contribution in [2.75, 3.05) is 29.2 Å². The highest BCUT2D eigenvalue weighted by molar-refractivity contribution is 8.15. The van der Waals surface area contributed by atoms with Gasteiger partial charge in [-0.1, -0.05) is 17.8 Å². The smallest absolute Gasteiger partial charge is 0.255 e. The molecule has 1 fully saturated rings. The Balaban J connectivity index is 1.47. The van der Waals surface area contributed by atoms with Crippen LogP contribution < -0.4 is 15.4 Å². The number of benzene rings is 2. The predicted octanol–water partition coefficient (Wildman–Crippen LogP) is 2.94. The zero-order valence-electron chi connectivity index (χ0n) is 16.0. The van der Waals surface area contributed by atoms with Crippen LogP contribution in [-0.2, 0) is 9.84 Å². The third kappa shape index (κ3) is 4.40. The fourth-order valence-corrected chi connectivity index (χ4v) is 6.97. The third-order valence-corrected chi connectivity index (χ3v) is 8.05. The molecule has 1 amide bonds. The minimum atomic E-state index is -2.98. The molecule has 2 aliphatic rings. The molecular formula is C20H21N3O4S2. The van der Waals surface area contributed by atoms with E-state index in [9.17, 15) is 13.2 Å². The van der Waals surface area contributed by atoms with Crippen LogP contribution in [0.25, 0.3) is 0 Å². The fourth-order valence-electron chi connectivity index (χ4n) is 3.31. The van der Waals surface area contributed by atoms with Crippen molar-refractivity contribution in [3.05, 3.63) is 53.6 Å². The molecule has 0 bridgehead atoms. The number of nitrogens with zero attached hydrogens (tertiary/aromatic N) is 1. The third-order valence-electron chi connectivity index (χ3n) is 4.91. The second kappa shape index (κ2) is 7.72. The van der Waals surface area contributed by atoms with E-state index < -0.39 is 9.84 Å². The Kier molecular flexibility index (Phi) is 5.26. The molecule has 2 N–H and O–H groups in total. The van der Waals surface area contributed by atoms with Crippen molar-refractivity contribution in [2.45, 2.75) is 18.2 Å². The highest BCUT2D eigenvalue weighted by atomic mass is 32.2. The van der Waals surface area contributed by atoms with Gasteiger partial charge in [-0.2, -0.15) is 0 Å². The molecule has 2 heterocycles. The summed E-state index contributed by atoms with van der Waals surface area (Å²) in [4.78, 5) is 17.1. The quantitative estimate of drug-likeness (QED) is 0.773. The van der Waals surface area contributed by atoms with Gasteiger partial charge in [-0.3, -0.25) is 9.79 Å². The van der Waals surface area contributed by atoms with E-state index in [1.165, 1.54) is 11.8 Å². The molecule has 2 aromatic carbocycles. The number of ether oxygens (including phenoxy) is 1. The van der Waals surface area contributed by atoms with Crippen LogP contribution in [0, 0.1) is 6.92 Å². The molecule has 152 valence electrons. The number of methoxy groups -OCH3 is 1. The number of carbonyl (C=O) groups is 1. The minimum absolute atomic E-state index is 0.0237. The number of thioether (sulfide) groups is 1. The standard InChI is InChI=1S/C20H21N3O4S2/c1-12-3-4-13(19(24)21-14-5-7-15(27-2)8-6-14)9-16(12)22-20-23-17-10-29(25,26)11-18(17)28-20/h3-9,17-18H,10-11H2,1-2H3,(H,21,24)(H,22,23)/t17-,18+/m1/s1. The van der Waals surface area contributed by atoms with Gasteiger partial charge in [-0.05, 0) is 48.9 Å². The molecule has 0 spiro atoms. The van der Waals surface area contributed by atoms with E-state index in [0.717, 1.165) is 17.0 Å². The molecule has 0 aliphatic carbocycles. The van der Waals surface area contributed by atoms with E-state index in [2.05, 4.69) is 15.6 Å². The largest absolute Gasteiger partial charge is 0.497 e. The summed E-state index contributed by atoms with van der Waals surface area (Å²) in [7, 11) is -1.39. The summed E-state index contributed by atoms with van der Waals surface area (Å²) in [5.74, 6) is 0.777. The maximum Gasteiger partial charge on any atom is 0.255 e. The zero-order chi connectivity index (χ0) is 20.6. The lowest BCUT2D eigenvalue weighted by atomic mass is 10.1. The van der Waals surface area contributed by atoms with Crippen LogP contribution in [-0.4, -0.2) is 49.4 Å². The lowest BCUT2D eigenvalue weighted by Gasteiger charge is -2.12. The van der Waals surface area contributed by atoms with Crippen LogP contribution in [0.1, 0.15) is 15.9 Å². The summed E-state index contributed by atoms with van der Waals surface area (Å²) in [6.07, 6.45) is 0. The van der Waals surface area contributed by atoms with Gasteiger partial charge in [0.2, 0.25) is 0 Å². The molecular weight excluding hydrogens is 410 g/mol. The molecule has 0 aromatic heterocycles. The maximum absolute atomic E-state index is 12.6. The molecule has 29 heavy (non-hydrogen) atoms. The predicted molar refractivity (Wildman–Crippen MR) is 117 cm³/mol. The molecule has 4 rings (SSSR count). The Bertz CT molecular complexity index is 1080. The first-order valence-corrected chi connectivity index (χ1v) is 11.8. The van der Waals surface area contributed by atoms with Crippen LogP contribution in [0.4, 0.5) is 11.4 Å². The lowest BCUT2D eigenvalue weighted by Crippen LogP contribution is -2.14. The van der Waals surface area contributed by atoms with E-state index >= 15 is 0 Å². The Labute approximate surface area is 173 Å². The monoisotopic (exact) mass is 431 g/mol. The molecule has 9 heteroatoms. The number of fused-ring (bicyclic) bond motifs is 1. The molecule has 0 unspecified atom stereocenters. The van der Waals surface area contributed by atoms with E-state index in [1.54, 1.807) is 43.5 Å². The van der Waals surface area contributed by atoms with Crippen LogP contribution in [0.5, 0.6) is 5.75 Å². The van der Waals surface area contributed by atoms with Crippen LogP contribution in [0.15, 0.2) is 47.5 Å². The topological polar surface area (TPSA) is 96.9 Å². The fraction of sp³-hybridized carbons (Fsp3) is 0.300. The van der Waals surface area contributed by atoms with Gasteiger partial charge in [0, 0.05) is 22.2 Å². The average molecular weight is 432 g/mol. The van der Waals surface area contributed by atoms with Crippen molar-refractivity contribution < 1.29 is 17.9 Å².